The molecule has 2 heterocycles. The van der Waals surface area contributed by atoms with Gasteiger partial charge in [-0.05, 0) is 12.8 Å². The van der Waals surface area contributed by atoms with Gasteiger partial charge < -0.3 is 10.1 Å². The molecule has 136 valence electrons. The van der Waals surface area contributed by atoms with Crippen LogP contribution in [0.2, 0.25) is 0 Å². The first-order valence-electron chi connectivity index (χ1n) is 9.52. The number of ether oxygens (including phenoxy) is 1. The van der Waals surface area contributed by atoms with E-state index in [1.54, 1.807) is 0 Å². The first kappa shape index (κ1) is 17.8. The normalized spacial score (nSPS) is 24.4. The van der Waals surface area contributed by atoms with E-state index in [1.807, 2.05) is 0 Å². The van der Waals surface area contributed by atoms with Gasteiger partial charge in [0.25, 0.3) is 0 Å². The molecule has 3 rings (SSSR count). The van der Waals surface area contributed by atoms with Crippen molar-refractivity contribution in [3.63, 3.8) is 0 Å². The van der Waals surface area contributed by atoms with Gasteiger partial charge >= 0.3 is 0 Å². The molecule has 1 aromatic heterocycles. The molecule has 0 unspecified atom stereocenters. The predicted octanol–water partition coefficient (Wildman–Crippen LogP) is 2.40. The fraction of sp³-hybridized carbons (Fsp3) is 0.889. The number of nitrogens with zero attached hydrogens (tertiary/aromatic N) is 3. The molecular formula is C18H33N5O. The van der Waals surface area contributed by atoms with Crippen LogP contribution in [-0.2, 0) is 10.2 Å². The Morgan fingerprint density at radius 2 is 2.04 bits per heavy atom. The molecule has 0 bridgehead atoms. The molecule has 0 radical (unpaired) electrons. The third-order valence-corrected chi connectivity index (χ3v) is 5.10. The van der Waals surface area contributed by atoms with Gasteiger partial charge in [-0.2, -0.15) is 5.10 Å². The summed E-state index contributed by atoms with van der Waals surface area (Å²) in [6.07, 6.45) is 6.89. The number of aromatic nitrogens is 3. The van der Waals surface area contributed by atoms with Gasteiger partial charge in [0.2, 0.25) is 0 Å². The highest BCUT2D eigenvalue weighted by Gasteiger charge is 2.27. The fourth-order valence-electron chi connectivity index (χ4n) is 3.56. The number of hydrogen-bond donors (Lipinski definition) is 2. The Morgan fingerprint density at radius 1 is 1.25 bits per heavy atom. The highest BCUT2D eigenvalue weighted by Crippen LogP contribution is 2.23. The molecule has 1 saturated carbocycles. The number of H-pyrrole nitrogens is 1. The average molecular weight is 335 g/mol. The van der Waals surface area contributed by atoms with Crippen LogP contribution in [0.15, 0.2) is 0 Å². The lowest BCUT2D eigenvalue weighted by molar-refractivity contribution is -0.0339. The minimum atomic E-state index is -0.0347. The van der Waals surface area contributed by atoms with Crippen molar-refractivity contribution in [3.05, 3.63) is 11.6 Å². The summed E-state index contributed by atoms with van der Waals surface area (Å²) < 4.78 is 5.92. The molecule has 6 heteroatoms. The second-order valence-corrected chi connectivity index (χ2v) is 8.24. The molecule has 0 spiro atoms. The zero-order valence-corrected chi connectivity index (χ0v) is 15.5. The zero-order chi connectivity index (χ0) is 17.0. The Kier molecular flexibility index (Phi) is 5.89. The van der Waals surface area contributed by atoms with Crippen LogP contribution in [0.4, 0.5) is 0 Å². The summed E-state index contributed by atoms with van der Waals surface area (Å²) in [7, 11) is 0. The first-order chi connectivity index (χ1) is 11.5. The van der Waals surface area contributed by atoms with Crippen LogP contribution in [0.5, 0.6) is 0 Å². The molecule has 0 amide bonds. The van der Waals surface area contributed by atoms with Gasteiger partial charge in [-0.25, -0.2) is 4.98 Å². The summed E-state index contributed by atoms with van der Waals surface area (Å²) in [6.45, 7) is 11.2. The zero-order valence-electron chi connectivity index (χ0n) is 15.5. The molecule has 6 nitrogen and oxygen atoms in total. The van der Waals surface area contributed by atoms with Gasteiger partial charge in [0.05, 0.1) is 6.61 Å². The van der Waals surface area contributed by atoms with Gasteiger partial charge in [0, 0.05) is 37.6 Å². The average Bonchev–Trinajstić information content (AvgIpc) is 3.07. The lowest BCUT2D eigenvalue weighted by Crippen LogP contribution is -2.43. The number of rotatable bonds is 5. The molecule has 24 heavy (non-hydrogen) atoms. The molecule has 1 aromatic rings. The summed E-state index contributed by atoms with van der Waals surface area (Å²) in [4.78, 5) is 7.13. The summed E-state index contributed by atoms with van der Waals surface area (Å²) in [5.74, 6) is 1.72. The van der Waals surface area contributed by atoms with E-state index in [0.29, 0.717) is 0 Å². The molecular weight excluding hydrogens is 302 g/mol. The topological polar surface area (TPSA) is 66.1 Å². The van der Waals surface area contributed by atoms with Gasteiger partial charge in [0.15, 0.2) is 11.6 Å². The largest absolute Gasteiger partial charge is 0.368 e. The Balaban J connectivity index is 1.46. The molecule has 2 N–H and O–H groups in total. The summed E-state index contributed by atoms with van der Waals surface area (Å²) >= 11 is 0. The highest BCUT2D eigenvalue weighted by molar-refractivity contribution is 5.04. The van der Waals surface area contributed by atoms with E-state index in [2.05, 4.69) is 46.2 Å². The van der Waals surface area contributed by atoms with E-state index in [9.17, 15) is 0 Å². The van der Waals surface area contributed by atoms with E-state index < -0.39 is 0 Å². The standard InChI is InChI=1S/C18H33N5O/c1-18(2,3)17-20-16(21-22-17)15-13-23(11-12-24-15)10-9-19-14-7-5-4-6-8-14/h14-15,19H,4-13H2,1-3H3,(H,20,21,22)/t15-/m1/s1. The van der Waals surface area contributed by atoms with E-state index >= 15 is 0 Å². The van der Waals surface area contributed by atoms with Crippen LogP contribution in [0, 0.1) is 0 Å². The monoisotopic (exact) mass is 335 g/mol. The van der Waals surface area contributed by atoms with Crippen molar-refractivity contribution in [2.45, 2.75) is 70.4 Å². The number of hydrogen-bond acceptors (Lipinski definition) is 5. The fourth-order valence-corrected chi connectivity index (χ4v) is 3.56. The third-order valence-electron chi connectivity index (χ3n) is 5.10. The van der Waals surface area contributed by atoms with E-state index in [1.165, 1.54) is 32.1 Å². The Morgan fingerprint density at radius 3 is 2.75 bits per heavy atom. The maximum absolute atomic E-state index is 5.92. The van der Waals surface area contributed by atoms with Crippen LogP contribution in [0.3, 0.4) is 0 Å². The van der Waals surface area contributed by atoms with Crippen molar-refractivity contribution < 1.29 is 4.74 Å². The maximum atomic E-state index is 5.92. The van der Waals surface area contributed by atoms with E-state index in [-0.39, 0.29) is 11.5 Å². The third kappa shape index (κ3) is 4.77. The van der Waals surface area contributed by atoms with Gasteiger partial charge in [-0.1, -0.05) is 40.0 Å². The van der Waals surface area contributed by atoms with Crippen molar-refractivity contribution in [1.29, 1.82) is 0 Å². The second-order valence-electron chi connectivity index (χ2n) is 8.24. The minimum absolute atomic E-state index is 0.0111. The molecule has 1 aliphatic carbocycles. The number of aromatic amines is 1. The molecule has 2 fully saturated rings. The van der Waals surface area contributed by atoms with Crippen LogP contribution in [0.25, 0.3) is 0 Å². The minimum Gasteiger partial charge on any atom is -0.368 e. The number of nitrogens with one attached hydrogen (secondary N) is 2. The molecule has 0 aromatic carbocycles. The molecule has 1 saturated heterocycles. The van der Waals surface area contributed by atoms with Gasteiger partial charge in [0.1, 0.15) is 6.10 Å². The van der Waals surface area contributed by atoms with Gasteiger partial charge in [-0.15, -0.1) is 0 Å². The smallest absolute Gasteiger partial charge is 0.156 e. The van der Waals surface area contributed by atoms with Crippen molar-refractivity contribution >= 4 is 0 Å². The quantitative estimate of drug-likeness (QED) is 0.865. The maximum Gasteiger partial charge on any atom is 0.156 e. The molecule has 1 aliphatic heterocycles. The molecule has 2 aliphatic rings. The lowest BCUT2D eigenvalue weighted by atomic mass is 9.95. The Bertz CT molecular complexity index is 504. The van der Waals surface area contributed by atoms with Crippen LogP contribution in [0.1, 0.15) is 70.6 Å². The number of morpholine rings is 1. The van der Waals surface area contributed by atoms with Gasteiger partial charge in [-0.3, -0.25) is 10.00 Å². The van der Waals surface area contributed by atoms with Crippen molar-refractivity contribution in [3.8, 4) is 0 Å². The Hall–Kier alpha value is -0.980. The highest BCUT2D eigenvalue weighted by atomic mass is 16.5. The predicted molar refractivity (Wildman–Crippen MR) is 95.1 cm³/mol. The van der Waals surface area contributed by atoms with Crippen molar-refractivity contribution in [2.75, 3.05) is 32.8 Å². The molecule has 1 atom stereocenters. The van der Waals surface area contributed by atoms with E-state index in [0.717, 1.165) is 50.5 Å². The lowest BCUT2D eigenvalue weighted by Gasteiger charge is -2.32. The second kappa shape index (κ2) is 7.93. The van der Waals surface area contributed by atoms with Crippen LogP contribution >= 0.6 is 0 Å². The van der Waals surface area contributed by atoms with Crippen LogP contribution in [-0.4, -0.2) is 58.9 Å². The Labute approximate surface area is 145 Å². The first-order valence-corrected chi connectivity index (χ1v) is 9.52. The van der Waals surface area contributed by atoms with Crippen molar-refractivity contribution in [2.24, 2.45) is 0 Å². The SMILES string of the molecule is CC(C)(C)c1n[nH]c([C@H]2CN(CCNC3CCCCC3)CCO2)n1. The van der Waals surface area contributed by atoms with Crippen LogP contribution < -0.4 is 5.32 Å². The van der Waals surface area contributed by atoms with E-state index in [4.69, 9.17) is 4.74 Å². The summed E-state index contributed by atoms with van der Waals surface area (Å²) in [6, 6.07) is 0.735. The van der Waals surface area contributed by atoms with Crippen molar-refractivity contribution in [1.82, 2.24) is 25.4 Å². The summed E-state index contributed by atoms with van der Waals surface area (Å²) in [5.41, 5.74) is -0.0347. The summed E-state index contributed by atoms with van der Waals surface area (Å²) in [5, 5.41) is 11.2.